The van der Waals surface area contributed by atoms with E-state index in [0.29, 0.717) is 12.0 Å². The van der Waals surface area contributed by atoms with Gasteiger partial charge in [-0.05, 0) is 51.3 Å². The predicted octanol–water partition coefficient (Wildman–Crippen LogP) is 3.56. The average molecular weight is 319 g/mol. The summed E-state index contributed by atoms with van der Waals surface area (Å²) in [6.45, 7) is 3.96. The first-order valence-electron chi connectivity index (χ1n) is 8.18. The lowest BCUT2D eigenvalue weighted by Gasteiger charge is -2.15. The number of anilines is 1. The molecule has 1 aliphatic rings. The number of unbranched alkanes of at least 4 members (excludes halogenated alkanes) is 1. The lowest BCUT2D eigenvalue weighted by molar-refractivity contribution is -0.116. The van der Waals surface area contributed by atoms with Crippen molar-refractivity contribution < 1.29 is 4.79 Å². The molecule has 1 N–H and O–H groups in total. The molecule has 5 heteroatoms. The highest BCUT2D eigenvalue weighted by Crippen LogP contribution is 2.37. The molecule has 0 saturated carbocycles. The third-order valence-electron chi connectivity index (χ3n) is 4.15. The Bertz CT molecular complexity index is 559. The number of carbonyl (C=O) groups excluding carboxylic acids is 1. The Morgan fingerprint density at radius 2 is 2.14 bits per heavy atom. The van der Waals surface area contributed by atoms with Gasteiger partial charge in [0, 0.05) is 17.8 Å². The first kappa shape index (κ1) is 17.0. The van der Waals surface area contributed by atoms with Crippen molar-refractivity contribution in [2.24, 2.45) is 0 Å². The van der Waals surface area contributed by atoms with Gasteiger partial charge >= 0.3 is 0 Å². The van der Waals surface area contributed by atoms with E-state index in [1.54, 1.807) is 11.3 Å². The zero-order chi connectivity index (χ0) is 15.9. The lowest BCUT2D eigenvalue weighted by atomic mass is 9.96. The molecule has 1 aliphatic carbocycles. The molecular weight excluding hydrogens is 294 g/mol. The normalized spacial score (nSPS) is 13.7. The van der Waals surface area contributed by atoms with Crippen molar-refractivity contribution in [1.82, 2.24) is 4.90 Å². The van der Waals surface area contributed by atoms with E-state index in [4.69, 9.17) is 0 Å². The van der Waals surface area contributed by atoms with Crippen LogP contribution in [0.25, 0.3) is 0 Å². The highest BCUT2D eigenvalue weighted by molar-refractivity contribution is 7.16. The highest BCUT2D eigenvalue weighted by Gasteiger charge is 2.21. The third-order valence-corrected chi connectivity index (χ3v) is 5.36. The Morgan fingerprint density at radius 3 is 2.86 bits per heavy atom. The largest absolute Gasteiger partial charge is 0.317 e. The zero-order valence-corrected chi connectivity index (χ0v) is 14.4. The molecule has 120 valence electrons. The minimum atomic E-state index is 0.0124. The smallest absolute Gasteiger partial charge is 0.226 e. The average Bonchev–Trinajstić information content (AvgIpc) is 2.87. The maximum Gasteiger partial charge on any atom is 0.226 e. The summed E-state index contributed by atoms with van der Waals surface area (Å²) in [5.74, 6) is 0.0124. The number of nitrogens with one attached hydrogen (secondary N) is 1. The summed E-state index contributed by atoms with van der Waals surface area (Å²) in [4.78, 5) is 15.6. The van der Waals surface area contributed by atoms with Gasteiger partial charge < -0.3 is 10.2 Å². The van der Waals surface area contributed by atoms with E-state index >= 15 is 0 Å². The molecule has 0 saturated heterocycles. The quantitative estimate of drug-likeness (QED) is 0.836. The maximum absolute atomic E-state index is 12.1. The third kappa shape index (κ3) is 4.31. The van der Waals surface area contributed by atoms with E-state index in [-0.39, 0.29) is 5.91 Å². The Labute approximate surface area is 137 Å². The van der Waals surface area contributed by atoms with E-state index in [0.717, 1.165) is 43.8 Å². The summed E-state index contributed by atoms with van der Waals surface area (Å²) < 4.78 is 0. The zero-order valence-electron chi connectivity index (χ0n) is 13.6. The number of nitriles is 1. The van der Waals surface area contributed by atoms with Crippen LogP contribution in [-0.2, 0) is 17.6 Å². The number of hydrogen-bond acceptors (Lipinski definition) is 4. The molecule has 0 fully saturated rings. The molecule has 0 aromatic carbocycles. The number of nitrogens with zero attached hydrogens (tertiary/aromatic N) is 2. The number of aryl methyl sites for hydroxylation is 1. The molecule has 0 unspecified atom stereocenters. The molecule has 0 atom stereocenters. The molecule has 1 heterocycles. The Hall–Kier alpha value is -1.38. The summed E-state index contributed by atoms with van der Waals surface area (Å²) in [7, 11) is 2.05. The summed E-state index contributed by atoms with van der Waals surface area (Å²) in [6.07, 6.45) is 7.17. The topological polar surface area (TPSA) is 56.1 Å². The van der Waals surface area contributed by atoms with E-state index in [1.165, 1.54) is 23.3 Å². The predicted molar refractivity (Wildman–Crippen MR) is 91.3 cm³/mol. The second kappa shape index (κ2) is 8.30. The fraction of sp³-hybridized carbons (Fsp3) is 0.647. The molecule has 0 spiro atoms. The molecule has 0 aliphatic heterocycles. The summed E-state index contributed by atoms with van der Waals surface area (Å²) in [6, 6.07) is 2.29. The standard InChI is InChI=1S/C17H25N3OS/c1-3-4-10-20(2)11-9-16(21)19-17-14(12-18)13-7-5-6-8-15(13)22-17/h3-11H2,1-2H3,(H,19,21). The van der Waals surface area contributed by atoms with Crippen LogP contribution < -0.4 is 5.32 Å². The van der Waals surface area contributed by atoms with Crippen LogP contribution in [0, 0.1) is 11.3 Å². The van der Waals surface area contributed by atoms with Crippen LogP contribution in [-0.4, -0.2) is 30.9 Å². The van der Waals surface area contributed by atoms with Gasteiger partial charge in [-0.25, -0.2) is 0 Å². The molecular formula is C17H25N3OS. The van der Waals surface area contributed by atoms with Crippen LogP contribution in [0.1, 0.15) is 55.0 Å². The van der Waals surface area contributed by atoms with Gasteiger partial charge in [0.1, 0.15) is 11.1 Å². The maximum atomic E-state index is 12.1. The van der Waals surface area contributed by atoms with Crippen LogP contribution in [0.15, 0.2) is 0 Å². The van der Waals surface area contributed by atoms with Crippen molar-refractivity contribution in [3.05, 3.63) is 16.0 Å². The fourth-order valence-electron chi connectivity index (χ4n) is 2.79. The Morgan fingerprint density at radius 1 is 1.36 bits per heavy atom. The monoisotopic (exact) mass is 319 g/mol. The molecule has 4 nitrogen and oxygen atoms in total. The van der Waals surface area contributed by atoms with E-state index < -0.39 is 0 Å². The second-order valence-electron chi connectivity index (χ2n) is 5.98. The Kier molecular flexibility index (Phi) is 6.41. The molecule has 1 aromatic heterocycles. The van der Waals surface area contributed by atoms with Crippen molar-refractivity contribution in [3.8, 4) is 6.07 Å². The number of fused-ring (bicyclic) bond motifs is 1. The molecule has 22 heavy (non-hydrogen) atoms. The number of amides is 1. The molecule has 0 bridgehead atoms. The van der Waals surface area contributed by atoms with E-state index in [9.17, 15) is 10.1 Å². The van der Waals surface area contributed by atoms with Crippen molar-refractivity contribution in [2.75, 3.05) is 25.5 Å². The van der Waals surface area contributed by atoms with Crippen LogP contribution in [0.2, 0.25) is 0 Å². The van der Waals surface area contributed by atoms with Gasteiger partial charge in [-0.15, -0.1) is 11.3 Å². The van der Waals surface area contributed by atoms with Gasteiger partial charge in [0.05, 0.1) is 5.56 Å². The molecule has 2 rings (SSSR count). The highest BCUT2D eigenvalue weighted by atomic mass is 32.1. The first-order chi connectivity index (χ1) is 10.7. The first-order valence-corrected chi connectivity index (χ1v) is 9.00. The van der Waals surface area contributed by atoms with Crippen molar-refractivity contribution >= 4 is 22.2 Å². The van der Waals surface area contributed by atoms with Crippen molar-refractivity contribution in [2.45, 2.75) is 51.9 Å². The summed E-state index contributed by atoms with van der Waals surface area (Å²) in [5.41, 5.74) is 1.88. The van der Waals surface area contributed by atoms with Crippen LogP contribution in [0.3, 0.4) is 0 Å². The minimum Gasteiger partial charge on any atom is -0.317 e. The van der Waals surface area contributed by atoms with Gasteiger partial charge in [-0.1, -0.05) is 13.3 Å². The van der Waals surface area contributed by atoms with E-state index in [2.05, 4.69) is 23.2 Å². The summed E-state index contributed by atoms with van der Waals surface area (Å²) in [5, 5.41) is 13.1. The van der Waals surface area contributed by atoms with Gasteiger partial charge in [-0.3, -0.25) is 4.79 Å². The van der Waals surface area contributed by atoms with Gasteiger partial charge in [0.2, 0.25) is 5.91 Å². The lowest BCUT2D eigenvalue weighted by Crippen LogP contribution is -2.25. The number of hydrogen-bond donors (Lipinski definition) is 1. The SMILES string of the molecule is CCCCN(C)CCC(=O)Nc1sc2c(c1C#N)CCCC2. The number of rotatable bonds is 7. The molecule has 0 radical (unpaired) electrons. The second-order valence-corrected chi connectivity index (χ2v) is 7.09. The number of thiophene rings is 1. The van der Waals surface area contributed by atoms with Crippen LogP contribution in [0.5, 0.6) is 0 Å². The fourth-order valence-corrected chi connectivity index (χ4v) is 4.05. The number of carbonyl (C=O) groups is 1. The van der Waals surface area contributed by atoms with E-state index in [1.807, 2.05) is 7.05 Å². The van der Waals surface area contributed by atoms with Crippen LogP contribution in [0.4, 0.5) is 5.00 Å². The minimum absolute atomic E-state index is 0.0124. The molecule has 1 amide bonds. The Balaban J connectivity index is 1.92. The van der Waals surface area contributed by atoms with Gasteiger partial charge in [-0.2, -0.15) is 5.26 Å². The van der Waals surface area contributed by atoms with Crippen molar-refractivity contribution in [3.63, 3.8) is 0 Å². The van der Waals surface area contributed by atoms with Crippen LogP contribution >= 0.6 is 11.3 Å². The van der Waals surface area contributed by atoms with Gasteiger partial charge in [0.25, 0.3) is 0 Å². The summed E-state index contributed by atoms with van der Waals surface area (Å²) >= 11 is 1.59. The van der Waals surface area contributed by atoms with Crippen molar-refractivity contribution in [1.29, 1.82) is 5.26 Å². The van der Waals surface area contributed by atoms with Gasteiger partial charge in [0.15, 0.2) is 0 Å². The molecule has 1 aromatic rings.